The van der Waals surface area contributed by atoms with Gasteiger partial charge in [0.25, 0.3) is 0 Å². The highest BCUT2D eigenvalue weighted by atomic mass is 32.1. The summed E-state index contributed by atoms with van der Waals surface area (Å²) >= 11 is 1.48. The van der Waals surface area contributed by atoms with Gasteiger partial charge in [-0.05, 0) is 67.0 Å². The second kappa shape index (κ2) is 9.21. The summed E-state index contributed by atoms with van der Waals surface area (Å²) in [4.78, 5) is 59.2. The highest BCUT2D eigenvalue weighted by Gasteiger charge is 2.67. The lowest BCUT2D eigenvalue weighted by atomic mass is 9.51. The summed E-state index contributed by atoms with van der Waals surface area (Å²) in [7, 11) is 0. The molecule has 0 unspecified atom stereocenters. The van der Waals surface area contributed by atoms with Gasteiger partial charge in [0, 0.05) is 10.8 Å². The van der Waals surface area contributed by atoms with Gasteiger partial charge in [0.1, 0.15) is 0 Å². The lowest BCUT2D eigenvalue weighted by molar-refractivity contribution is -0.141. The summed E-state index contributed by atoms with van der Waals surface area (Å²) in [6.07, 6.45) is 2.50. The number of likely N-dealkylation sites (tertiary alicyclic amines) is 1. The molecule has 2 aromatic carbocycles. The number of carbonyl (C=O) groups excluding carboxylic acids is 4. The zero-order valence-electron chi connectivity index (χ0n) is 22.2. The van der Waals surface area contributed by atoms with Gasteiger partial charge >= 0.3 is 0 Å². The number of rotatable bonds is 4. The van der Waals surface area contributed by atoms with Crippen LogP contribution in [0.1, 0.15) is 36.1 Å². The fourth-order valence-corrected chi connectivity index (χ4v) is 8.39. The van der Waals surface area contributed by atoms with Gasteiger partial charge < -0.3 is 5.11 Å². The van der Waals surface area contributed by atoms with E-state index in [1.165, 1.54) is 33.3 Å². The number of anilines is 1. The smallest absolute Gasteiger partial charge is 0.241 e. The highest BCUT2D eigenvalue weighted by Crippen LogP contribution is 2.63. The van der Waals surface area contributed by atoms with Crippen LogP contribution in [-0.2, 0) is 25.7 Å². The molecule has 3 aromatic rings. The second-order valence-corrected chi connectivity index (χ2v) is 12.6. The third-order valence-corrected chi connectivity index (χ3v) is 10.4. The van der Waals surface area contributed by atoms with Gasteiger partial charge in [0.05, 0.1) is 35.4 Å². The largest absolute Gasteiger partial charge is 0.505 e. The number of imide groups is 2. The molecule has 2 saturated heterocycles. The Morgan fingerprint density at radius 3 is 2.46 bits per heavy atom. The average Bonchev–Trinajstić information content (AvgIpc) is 3.62. The first-order chi connectivity index (χ1) is 19.7. The van der Waals surface area contributed by atoms with E-state index in [9.17, 15) is 28.7 Å². The third kappa shape index (κ3) is 3.61. The number of nitrogens with zero attached hydrogens (tertiary/aromatic N) is 2. The Morgan fingerprint density at radius 2 is 1.76 bits per heavy atom. The molecule has 4 aliphatic rings. The van der Waals surface area contributed by atoms with Crippen LogP contribution in [0.3, 0.4) is 0 Å². The molecule has 3 heterocycles. The summed E-state index contributed by atoms with van der Waals surface area (Å²) in [5.41, 5.74) is 0.432. The van der Waals surface area contributed by atoms with Gasteiger partial charge in [-0.3, -0.25) is 24.1 Å². The first-order valence-electron chi connectivity index (χ1n) is 13.7. The normalized spacial score (nSPS) is 30.8. The molecule has 2 aliphatic heterocycles. The van der Waals surface area contributed by atoms with Crippen molar-refractivity contribution in [1.29, 1.82) is 0 Å². The number of thiophene rings is 1. The maximum Gasteiger partial charge on any atom is 0.241 e. The first kappa shape index (κ1) is 25.8. The van der Waals surface area contributed by atoms with Crippen LogP contribution in [0.15, 0.2) is 77.7 Å². The Morgan fingerprint density at radius 1 is 0.976 bits per heavy atom. The van der Waals surface area contributed by atoms with Crippen LogP contribution in [-0.4, -0.2) is 33.6 Å². The van der Waals surface area contributed by atoms with Gasteiger partial charge in [0.2, 0.25) is 23.6 Å². The molecule has 41 heavy (non-hydrogen) atoms. The molecule has 2 aliphatic carbocycles. The first-order valence-corrected chi connectivity index (χ1v) is 14.6. The Bertz CT molecular complexity index is 1640. The van der Waals surface area contributed by atoms with E-state index in [4.69, 9.17) is 0 Å². The number of fused-ring (bicyclic) bond motifs is 4. The van der Waals surface area contributed by atoms with Crippen molar-refractivity contribution in [2.24, 2.45) is 29.1 Å². The standard InChI is InChI=1S/C32H27FN2O5S/c1-32-23(29(38)35(31(32)40)18-6-3-2-4-7-18)15-22-20(27(32)17-9-12-25(36)24(33)14-17)10-11-21-26(22)30(39)34(28(21)37)16-19-8-5-13-41-19/h2-10,12-14,21-23,26-27,36H,11,15-16H2,1H3/t21-,22+,23-,26-,27-,32+/m0/s1. The lowest BCUT2D eigenvalue weighted by Gasteiger charge is -2.49. The predicted octanol–water partition coefficient (Wildman–Crippen LogP) is 5.02. The lowest BCUT2D eigenvalue weighted by Crippen LogP contribution is -2.48. The van der Waals surface area contributed by atoms with Crippen molar-refractivity contribution in [2.45, 2.75) is 32.2 Å². The maximum absolute atomic E-state index is 14.8. The minimum absolute atomic E-state index is 0.206. The van der Waals surface area contributed by atoms with Crippen molar-refractivity contribution in [1.82, 2.24) is 4.90 Å². The second-order valence-electron chi connectivity index (χ2n) is 11.5. The van der Waals surface area contributed by atoms with Crippen LogP contribution in [0.2, 0.25) is 0 Å². The van der Waals surface area contributed by atoms with Crippen molar-refractivity contribution in [3.63, 3.8) is 0 Å². The molecule has 1 aromatic heterocycles. The van der Waals surface area contributed by atoms with Crippen molar-refractivity contribution < 1.29 is 28.7 Å². The molecule has 3 fully saturated rings. The van der Waals surface area contributed by atoms with E-state index in [2.05, 4.69) is 0 Å². The van der Waals surface area contributed by atoms with Crippen molar-refractivity contribution in [3.8, 4) is 5.75 Å². The number of carbonyl (C=O) groups is 4. The number of allylic oxidation sites excluding steroid dienone is 2. The summed E-state index contributed by atoms with van der Waals surface area (Å²) in [6, 6.07) is 16.5. The molecule has 0 radical (unpaired) electrons. The third-order valence-electron chi connectivity index (χ3n) is 9.58. The SMILES string of the molecule is C[C@@]12C(=O)N(c3ccccc3)C(=O)[C@@H]1C[C@@H]1C(=CC[C@@H]3C(=O)N(Cc4cccs4)C(=O)[C@@H]31)[C@@H]2c1ccc(O)c(F)c1. The molecule has 7 rings (SSSR count). The Kier molecular flexibility index (Phi) is 5.80. The zero-order valence-corrected chi connectivity index (χ0v) is 23.0. The zero-order chi connectivity index (χ0) is 28.6. The number of hydrogen-bond acceptors (Lipinski definition) is 6. The summed E-state index contributed by atoms with van der Waals surface area (Å²) in [5, 5.41) is 11.8. The Hall–Kier alpha value is -4.11. The van der Waals surface area contributed by atoms with Crippen molar-refractivity contribution in [3.05, 3.63) is 94.0 Å². The number of halogens is 1. The minimum Gasteiger partial charge on any atom is -0.505 e. The molecule has 0 bridgehead atoms. The maximum atomic E-state index is 14.8. The van der Waals surface area contributed by atoms with Gasteiger partial charge in [-0.25, -0.2) is 9.29 Å². The monoisotopic (exact) mass is 570 g/mol. The van der Waals surface area contributed by atoms with Crippen molar-refractivity contribution in [2.75, 3.05) is 4.90 Å². The Balaban J connectivity index is 1.35. The Labute approximate surface area is 239 Å². The quantitative estimate of drug-likeness (QED) is 0.351. The fourth-order valence-electron chi connectivity index (χ4n) is 7.70. The van der Waals surface area contributed by atoms with E-state index in [-0.39, 0.29) is 36.6 Å². The highest BCUT2D eigenvalue weighted by molar-refractivity contribution is 7.09. The number of benzene rings is 2. The van der Waals surface area contributed by atoms with E-state index in [1.54, 1.807) is 43.3 Å². The summed E-state index contributed by atoms with van der Waals surface area (Å²) in [5.74, 6) is -5.75. The number of aromatic hydroxyl groups is 1. The number of phenolic OH excluding ortho intramolecular Hbond substituents is 1. The van der Waals surface area contributed by atoms with Gasteiger partial charge in [-0.15, -0.1) is 11.3 Å². The molecular formula is C32H27FN2O5S. The molecular weight excluding hydrogens is 543 g/mol. The van der Waals surface area contributed by atoms with E-state index in [0.717, 1.165) is 10.5 Å². The topological polar surface area (TPSA) is 95.0 Å². The van der Waals surface area contributed by atoms with E-state index in [1.807, 2.05) is 23.6 Å². The molecule has 7 nitrogen and oxygen atoms in total. The van der Waals surface area contributed by atoms with Crippen molar-refractivity contribution >= 4 is 40.7 Å². The van der Waals surface area contributed by atoms with Gasteiger partial charge in [-0.1, -0.05) is 42.0 Å². The number of amides is 4. The predicted molar refractivity (Wildman–Crippen MR) is 149 cm³/mol. The molecule has 0 spiro atoms. The average molecular weight is 571 g/mol. The minimum atomic E-state index is -1.26. The van der Waals surface area contributed by atoms with Crippen LogP contribution < -0.4 is 4.90 Å². The molecule has 208 valence electrons. The fraction of sp³-hybridized carbons (Fsp3) is 0.312. The van der Waals surface area contributed by atoms with Crippen LogP contribution in [0, 0.1) is 34.9 Å². The van der Waals surface area contributed by atoms with E-state index < -0.39 is 46.6 Å². The molecule has 1 saturated carbocycles. The summed E-state index contributed by atoms with van der Waals surface area (Å²) in [6.45, 7) is 1.96. The number of phenols is 1. The van der Waals surface area contributed by atoms with E-state index >= 15 is 0 Å². The van der Waals surface area contributed by atoms with Crippen LogP contribution >= 0.6 is 11.3 Å². The molecule has 4 amide bonds. The molecule has 1 N–H and O–H groups in total. The van der Waals surface area contributed by atoms with Gasteiger partial charge in [-0.2, -0.15) is 0 Å². The van der Waals surface area contributed by atoms with Gasteiger partial charge in [0.15, 0.2) is 11.6 Å². The van der Waals surface area contributed by atoms with Crippen LogP contribution in [0.5, 0.6) is 5.75 Å². The van der Waals surface area contributed by atoms with Crippen LogP contribution in [0.4, 0.5) is 10.1 Å². The number of hydrogen-bond donors (Lipinski definition) is 1. The molecule has 6 atom stereocenters. The summed E-state index contributed by atoms with van der Waals surface area (Å²) < 4.78 is 14.8. The number of para-hydroxylation sites is 1. The van der Waals surface area contributed by atoms with Crippen LogP contribution in [0.25, 0.3) is 0 Å². The molecule has 9 heteroatoms. The van der Waals surface area contributed by atoms with E-state index in [0.29, 0.717) is 17.7 Å².